The van der Waals surface area contributed by atoms with Gasteiger partial charge in [-0.05, 0) is 31.0 Å². The maximum atomic E-state index is 13.5. The van der Waals surface area contributed by atoms with Gasteiger partial charge in [-0.25, -0.2) is 0 Å². The Hall–Kier alpha value is -3.49. The molecule has 1 aliphatic rings. The molecule has 0 bridgehead atoms. The van der Waals surface area contributed by atoms with Crippen LogP contribution in [0, 0.1) is 13.8 Å². The summed E-state index contributed by atoms with van der Waals surface area (Å²) in [5.74, 6) is -0.318. The summed E-state index contributed by atoms with van der Waals surface area (Å²) in [5, 5.41) is 0.479. The highest BCUT2D eigenvalue weighted by Gasteiger charge is 2.34. The number of hydrogen-bond donors (Lipinski definition) is 0. The zero-order valence-electron chi connectivity index (χ0n) is 17.2. The average Bonchev–Trinajstić information content (AvgIpc) is 2.78. The summed E-state index contributed by atoms with van der Waals surface area (Å²) in [6.07, 6.45) is 0. The SMILES string of the molecule is Cc1ccc(-c2cc3c(c(-c4ccc(C)cc4)c2Cl)C(=O)c2ccccc2C3=O)cc1. The highest BCUT2D eigenvalue weighted by molar-refractivity contribution is 6.40. The Balaban J connectivity index is 1.87. The van der Waals surface area contributed by atoms with E-state index in [-0.39, 0.29) is 11.6 Å². The lowest BCUT2D eigenvalue weighted by molar-refractivity contribution is 0.0979. The van der Waals surface area contributed by atoms with Gasteiger partial charge in [-0.15, -0.1) is 0 Å². The van der Waals surface area contributed by atoms with Gasteiger partial charge >= 0.3 is 0 Å². The Labute approximate surface area is 186 Å². The normalized spacial score (nSPS) is 12.5. The lowest BCUT2D eigenvalue weighted by atomic mass is 9.78. The summed E-state index contributed by atoms with van der Waals surface area (Å²) in [6, 6.07) is 24.6. The summed E-state index contributed by atoms with van der Waals surface area (Å²) in [7, 11) is 0. The Morgan fingerprint density at radius 3 is 1.65 bits per heavy atom. The molecule has 0 heterocycles. The van der Waals surface area contributed by atoms with Gasteiger partial charge in [0.15, 0.2) is 11.6 Å². The molecule has 0 spiro atoms. The number of benzene rings is 4. The van der Waals surface area contributed by atoms with Gasteiger partial charge in [0.25, 0.3) is 0 Å². The largest absolute Gasteiger partial charge is 0.289 e. The molecule has 0 amide bonds. The molecule has 150 valence electrons. The lowest BCUT2D eigenvalue weighted by Crippen LogP contribution is -2.22. The molecule has 0 N–H and O–H groups in total. The molecule has 0 saturated carbocycles. The molecule has 31 heavy (non-hydrogen) atoms. The molecule has 0 saturated heterocycles. The van der Waals surface area contributed by atoms with E-state index in [4.69, 9.17) is 11.6 Å². The monoisotopic (exact) mass is 422 g/mol. The van der Waals surface area contributed by atoms with Crippen molar-refractivity contribution in [2.75, 3.05) is 0 Å². The second kappa shape index (κ2) is 7.33. The summed E-state index contributed by atoms with van der Waals surface area (Å²) >= 11 is 6.97. The van der Waals surface area contributed by atoms with E-state index in [0.29, 0.717) is 32.8 Å². The van der Waals surface area contributed by atoms with E-state index in [1.807, 2.05) is 62.4 Å². The third-order valence-corrected chi connectivity index (χ3v) is 6.25. The molecule has 0 atom stereocenters. The van der Waals surface area contributed by atoms with E-state index >= 15 is 0 Å². The Morgan fingerprint density at radius 1 is 0.548 bits per heavy atom. The summed E-state index contributed by atoms with van der Waals surface area (Å²) in [5.41, 5.74) is 6.98. The minimum Gasteiger partial charge on any atom is -0.289 e. The van der Waals surface area contributed by atoms with Crippen LogP contribution in [0.5, 0.6) is 0 Å². The van der Waals surface area contributed by atoms with E-state index < -0.39 is 0 Å². The standard InChI is InChI=1S/C28H19ClO2/c1-16-7-11-18(12-8-16)22-15-23-25(24(26(22)29)19-13-9-17(2)10-14-19)28(31)21-6-4-3-5-20(21)27(23)30/h3-15H,1-2H3. The number of carbonyl (C=O) groups is 2. The van der Waals surface area contributed by atoms with Gasteiger partial charge in [-0.1, -0.05) is 95.5 Å². The van der Waals surface area contributed by atoms with Crippen molar-refractivity contribution >= 4 is 23.2 Å². The minimum atomic E-state index is -0.168. The first-order chi connectivity index (χ1) is 15.0. The van der Waals surface area contributed by atoms with Crippen molar-refractivity contribution in [3.05, 3.63) is 117 Å². The molecule has 0 aliphatic heterocycles. The zero-order valence-corrected chi connectivity index (χ0v) is 18.0. The van der Waals surface area contributed by atoms with Crippen molar-refractivity contribution in [3.8, 4) is 22.3 Å². The first kappa shape index (κ1) is 19.5. The van der Waals surface area contributed by atoms with Crippen molar-refractivity contribution in [2.24, 2.45) is 0 Å². The minimum absolute atomic E-state index is 0.149. The fourth-order valence-electron chi connectivity index (χ4n) is 4.17. The Morgan fingerprint density at radius 2 is 1.06 bits per heavy atom. The molecule has 0 unspecified atom stereocenters. The van der Waals surface area contributed by atoms with Gasteiger partial charge in [-0.2, -0.15) is 0 Å². The van der Waals surface area contributed by atoms with Crippen molar-refractivity contribution < 1.29 is 9.59 Å². The van der Waals surface area contributed by atoms with Gasteiger partial charge < -0.3 is 0 Å². The van der Waals surface area contributed by atoms with Crippen LogP contribution in [0.2, 0.25) is 5.02 Å². The molecular weight excluding hydrogens is 404 g/mol. The Bertz CT molecular complexity index is 1360. The smallest absolute Gasteiger partial charge is 0.195 e. The summed E-state index contributed by atoms with van der Waals surface area (Å²) in [6.45, 7) is 4.03. The number of ketones is 2. The molecule has 5 rings (SSSR count). The highest BCUT2D eigenvalue weighted by atomic mass is 35.5. The molecule has 4 aromatic rings. The van der Waals surface area contributed by atoms with Crippen molar-refractivity contribution in [1.82, 2.24) is 0 Å². The molecule has 2 nitrogen and oxygen atoms in total. The lowest BCUT2D eigenvalue weighted by Gasteiger charge is -2.23. The van der Waals surface area contributed by atoms with E-state index in [0.717, 1.165) is 27.8 Å². The first-order valence-electron chi connectivity index (χ1n) is 10.1. The second-order valence-electron chi connectivity index (χ2n) is 7.97. The number of carbonyl (C=O) groups excluding carboxylic acids is 2. The third-order valence-electron chi connectivity index (χ3n) is 5.85. The fraction of sp³-hybridized carbons (Fsp3) is 0.0714. The molecule has 3 heteroatoms. The second-order valence-corrected chi connectivity index (χ2v) is 8.35. The first-order valence-corrected chi connectivity index (χ1v) is 10.5. The van der Waals surface area contributed by atoms with Crippen LogP contribution in [0.3, 0.4) is 0 Å². The van der Waals surface area contributed by atoms with Crippen LogP contribution < -0.4 is 0 Å². The summed E-state index contributed by atoms with van der Waals surface area (Å²) in [4.78, 5) is 27.0. The quantitative estimate of drug-likeness (QED) is 0.305. The van der Waals surface area contributed by atoms with Crippen LogP contribution in [-0.2, 0) is 0 Å². The highest BCUT2D eigenvalue weighted by Crippen LogP contribution is 2.44. The van der Waals surface area contributed by atoms with Crippen LogP contribution in [0.25, 0.3) is 22.3 Å². The average molecular weight is 423 g/mol. The van der Waals surface area contributed by atoms with Crippen LogP contribution in [-0.4, -0.2) is 11.6 Å². The van der Waals surface area contributed by atoms with Crippen LogP contribution >= 0.6 is 11.6 Å². The topological polar surface area (TPSA) is 34.1 Å². The Kier molecular flexibility index (Phi) is 4.60. The van der Waals surface area contributed by atoms with Crippen molar-refractivity contribution in [3.63, 3.8) is 0 Å². The number of rotatable bonds is 2. The van der Waals surface area contributed by atoms with Gasteiger partial charge in [0.2, 0.25) is 0 Å². The van der Waals surface area contributed by atoms with Crippen molar-refractivity contribution in [2.45, 2.75) is 13.8 Å². The zero-order chi connectivity index (χ0) is 21.7. The predicted molar refractivity (Wildman–Crippen MR) is 125 cm³/mol. The van der Waals surface area contributed by atoms with E-state index in [1.54, 1.807) is 30.3 Å². The third kappa shape index (κ3) is 3.11. The maximum absolute atomic E-state index is 13.5. The van der Waals surface area contributed by atoms with Crippen LogP contribution in [0.1, 0.15) is 43.0 Å². The van der Waals surface area contributed by atoms with Crippen LogP contribution in [0.4, 0.5) is 0 Å². The fourth-order valence-corrected chi connectivity index (χ4v) is 4.53. The van der Waals surface area contributed by atoms with Gasteiger partial charge in [0, 0.05) is 33.4 Å². The molecule has 4 aromatic carbocycles. The summed E-state index contributed by atoms with van der Waals surface area (Å²) < 4.78 is 0. The van der Waals surface area contributed by atoms with Gasteiger partial charge in [0.1, 0.15) is 0 Å². The number of halogens is 1. The molecule has 0 radical (unpaired) electrons. The number of hydrogen-bond acceptors (Lipinski definition) is 2. The number of aryl methyl sites for hydroxylation is 2. The molecule has 0 fully saturated rings. The van der Waals surface area contributed by atoms with Crippen molar-refractivity contribution in [1.29, 1.82) is 0 Å². The molecule has 0 aromatic heterocycles. The van der Waals surface area contributed by atoms with Gasteiger partial charge in [-0.3, -0.25) is 9.59 Å². The van der Waals surface area contributed by atoms with E-state index in [2.05, 4.69) is 0 Å². The predicted octanol–water partition coefficient (Wildman–Crippen LogP) is 7.07. The maximum Gasteiger partial charge on any atom is 0.195 e. The molecular formula is C28H19ClO2. The molecule has 1 aliphatic carbocycles. The number of fused-ring (bicyclic) bond motifs is 2. The van der Waals surface area contributed by atoms with E-state index in [1.165, 1.54) is 0 Å². The van der Waals surface area contributed by atoms with E-state index in [9.17, 15) is 9.59 Å². The van der Waals surface area contributed by atoms with Crippen LogP contribution in [0.15, 0.2) is 78.9 Å². The van der Waals surface area contributed by atoms with Gasteiger partial charge in [0.05, 0.1) is 5.02 Å².